The van der Waals surface area contributed by atoms with E-state index in [-0.39, 0.29) is 0 Å². The van der Waals surface area contributed by atoms with Crippen molar-refractivity contribution < 1.29 is 0 Å². The van der Waals surface area contributed by atoms with Gasteiger partial charge in [-0.05, 0) is 36.6 Å². The van der Waals surface area contributed by atoms with Crippen LogP contribution in [0.25, 0.3) is 0 Å². The molecule has 1 N–H and O–H groups in total. The van der Waals surface area contributed by atoms with Crippen LogP contribution in [0.5, 0.6) is 0 Å². The number of aromatic nitrogens is 1. The average molecular weight is 226 g/mol. The molecule has 1 unspecified atom stereocenters. The van der Waals surface area contributed by atoms with E-state index < -0.39 is 0 Å². The lowest BCUT2D eigenvalue weighted by Gasteiger charge is -2.13. The van der Waals surface area contributed by atoms with Gasteiger partial charge in [-0.25, -0.2) is 0 Å². The molecule has 0 saturated heterocycles. The molecule has 0 saturated carbocycles. The lowest BCUT2D eigenvalue weighted by molar-refractivity contribution is 0.545. The minimum absolute atomic E-state index is 0.477. The van der Waals surface area contributed by atoms with Crippen LogP contribution in [0.1, 0.15) is 18.1 Å². The lowest BCUT2D eigenvalue weighted by Crippen LogP contribution is -2.27. The van der Waals surface area contributed by atoms with Crippen molar-refractivity contribution in [2.24, 2.45) is 0 Å². The van der Waals surface area contributed by atoms with Gasteiger partial charge in [-0.2, -0.15) is 0 Å². The molecule has 0 radical (unpaired) electrons. The van der Waals surface area contributed by atoms with Gasteiger partial charge in [0.15, 0.2) is 0 Å². The van der Waals surface area contributed by atoms with Gasteiger partial charge in [-0.3, -0.25) is 4.98 Å². The number of nitrogens with zero attached hydrogens (tertiary/aromatic N) is 1. The van der Waals surface area contributed by atoms with E-state index in [1.54, 1.807) is 0 Å². The van der Waals surface area contributed by atoms with Crippen LogP contribution in [0.4, 0.5) is 0 Å². The van der Waals surface area contributed by atoms with E-state index in [0.717, 1.165) is 13.0 Å². The van der Waals surface area contributed by atoms with Crippen molar-refractivity contribution >= 4 is 0 Å². The Balaban J connectivity index is 1.80. The molecule has 1 aromatic heterocycles. The van der Waals surface area contributed by atoms with Crippen molar-refractivity contribution in [1.29, 1.82) is 0 Å². The standard InChI is InChI=1S/C15H18N2/c1-13(11-14-5-3-2-4-6-14)17-12-15-7-9-16-10-8-15/h2-10,13,17H,11-12H2,1H3. The molecule has 0 aliphatic heterocycles. The number of hydrogen-bond donors (Lipinski definition) is 1. The van der Waals surface area contributed by atoms with E-state index in [0.29, 0.717) is 6.04 Å². The molecule has 1 aromatic carbocycles. The maximum atomic E-state index is 4.01. The first kappa shape index (κ1) is 11.8. The molecule has 1 atom stereocenters. The van der Waals surface area contributed by atoms with Crippen LogP contribution in [0.3, 0.4) is 0 Å². The molecule has 0 aliphatic rings. The Hall–Kier alpha value is -1.67. The van der Waals surface area contributed by atoms with Crippen molar-refractivity contribution in [3.63, 3.8) is 0 Å². The number of pyridine rings is 1. The van der Waals surface area contributed by atoms with Crippen molar-refractivity contribution in [2.75, 3.05) is 0 Å². The van der Waals surface area contributed by atoms with Gasteiger partial charge in [-0.1, -0.05) is 30.3 Å². The molecular weight excluding hydrogens is 208 g/mol. The summed E-state index contributed by atoms with van der Waals surface area (Å²) >= 11 is 0. The largest absolute Gasteiger partial charge is 0.310 e. The molecular formula is C15H18N2. The van der Waals surface area contributed by atoms with Crippen molar-refractivity contribution in [3.8, 4) is 0 Å². The Morgan fingerprint density at radius 1 is 1.00 bits per heavy atom. The molecule has 0 fully saturated rings. The molecule has 0 spiro atoms. The average Bonchev–Trinajstić information content (AvgIpc) is 2.39. The van der Waals surface area contributed by atoms with Crippen LogP contribution in [0.15, 0.2) is 54.9 Å². The Morgan fingerprint density at radius 2 is 1.71 bits per heavy atom. The fourth-order valence-electron chi connectivity index (χ4n) is 1.83. The molecule has 2 nitrogen and oxygen atoms in total. The summed E-state index contributed by atoms with van der Waals surface area (Å²) < 4.78 is 0. The van der Waals surface area contributed by atoms with Gasteiger partial charge >= 0.3 is 0 Å². The SMILES string of the molecule is CC(Cc1ccccc1)NCc1ccncc1. The monoisotopic (exact) mass is 226 g/mol. The highest BCUT2D eigenvalue weighted by Gasteiger charge is 2.02. The summed E-state index contributed by atoms with van der Waals surface area (Å²) in [7, 11) is 0. The van der Waals surface area contributed by atoms with E-state index in [1.165, 1.54) is 11.1 Å². The molecule has 0 aliphatic carbocycles. The Kier molecular flexibility index (Phi) is 4.28. The van der Waals surface area contributed by atoms with Crippen molar-refractivity contribution in [3.05, 3.63) is 66.0 Å². The second-order valence-electron chi connectivity index (χ2n) is 4.33. The summed E-state index contributed by atoms with van der Waals surface area (Å²) in [6, 6.07) is 15.1. The Bertz CT molecular complexity index is 425. The molecule has 2 rings (SSSR count). The normalized spacial score (nSPS) is 12.3. The van der Waals surface area contributed by atoms with Gasteiger partial charge in [-0.15, -0.1) is 0 Å². The highest BCUT2D eigenvalue weighted by Crippen LogP contribution is 2.03. The van der Waals surface area contributed by atoms with Crippen LogP contribution in [0.2, 0.25) is 0 Å². The van der Waals surface area contributed by atoms with Crippen molar-refractivity contribution in [2.45, 2.75) is 25.9 Å². The summed E-state index contributed by atoms with van der Waals surface area (Å²) in [5.41, 5.74) is 2.65. The predicted octanol–water partition coefficient (Wildman–Crippen LogP) is 2.80. The van der Waals surface area contributed by atoms with E-state index in [1.807, 2.05) is 24.5 Å². The third-order valence-electron chi connectivity index (χ3n) is 2.79. The van der Waals surface area contributed by atoms with E-state index >= 15 is 0 Å². The fraction of sp³-hybridized carbons (Fsp3) is 0.267. The molecule has 2 heteroatoms. The Labute approximate surface area is 103 Å². The number of nitrogens with one attached hydrogen (secondary N) is 1. The molecule has 2 aromatic rings. The summed E-state index contributed by atoms with van der Waals surface area (Å²) in [5.74, 6) is 0. The van der Waals surface area contributed by atoms with Crippen LogP contribution in [0, 0.1) is 0 Å². The first-order valence-electron chi connectivity index (χ1n) is 6.01. The fourth-order valence-corrected chi connectivity index (χ4v) is 1.83. The van der Waals surface area contributed by atoms with Gasteiger partial charge in [0.2, 0.25) is 0 Å². The summed E-state index contributed by atoms with van der Waals surface area (Å²) in [4.78, 5) is 4.01. The molecule has 0 bridgehead atoms. The molecule has 1 heterocycles. The van der Waals surface area contributed by atoms with Crippen LogP contribution in [-0.4, -0.2) is 11.0 Å². The highest BCUT2D eigenvalue weighted by molar-refractivity contribution is 5.16. The predicted molar refractivity (Wildman–Crippen MR) is 70.7 cm³/mol. The van der Waals surface area contributed by atoms with Crippen LogP contribution < -0.4 is 5.32 Å². The van der Waals surface area contributed by atoms with Crippen molar-refractivity contribution in [1.82, 2.24) is 10.3 Å². The van der Waals surface area contributed by atoms with Gasteiger partial charge in [0.05, 0.1) is 0 Å². The second kappa shape index (κ2) is 6.16. The number of hydrogen-bond acceptors (Lipinski definition) is 2. The van der Waals surface area contributed by atoms with E-state index in [2.05, 4.69) is 47.6 Å². The first-order valence-corrected chi connectivity index (χ1v) is 6.01. The lowest BCUT2D eigenvalue weighted by atomic mass is 10.1. The first-order chi connectivity index (χ1) is 8.34. The zero-order valence-corrected chi connectivity index (χ0v) is 10.1. The van der Waals surface area contributed by atoms with Gasteiger partial charge in [0.25, 0.3) is 0 Å². The summed E-state index contributed by atoms with van der Waals surface area (Å²) in [6.45, 7) is 3.12. The molecule has 17 heavy (non-hydrogen) atoms. The number of benzene rings is 1. The molecule has 88 valence electrons. The highest BCUT2D eigenvalue weighted by atomic mass is 14.9. The third-order valence-corrected chi connectivity index (χ3v) is 2.79. The maximum absolute atomic E-state index is 4.01. The third kappa shape index (κ3) is 4.00. The van der Waals surface area contributed by atoms with E-state index in [9.17, 15) is 0 Å². The quantitative estimate of drug-likeness (QED) is 0.848. The minimum atomic E-state index is 0.477. The maximum Gasteiger partial charge on any atom is 0.0271 e. The second-order valence-corrected chi connectivity index (χ2v) is 4.33. The van der Waals surface area contributed by atoms with E-state index in [4.69, 9.17) is 0 Å². The minimum Gasteiger partial charge on any atom is -0.310 e. The zero-order valence-electron chi connectivity index (χ0n) is 10.1. The zero-order chi connectivity index (χ0) is 11.9. The number of rotatable bonds is 5. The van der Waals surface area contributed by atoms with Gasteiger partial charge in [0, 0.05) is 25.0 Å². The Morgan fingerprint density at radius 3 is 2.41 bits per heavy atom. The van der Waals surface area contributed by atoms with Crippen LogP contribution >= 0.6 is 0 Å². The van der Waals surface area contributed by atoms with Gasteiger partial charge < -0.3 is 5.32 Å². The van der Waals surface area contributed by atoms with Crippen LogP contribution in [-0.2, 0) is 13.0 Å². The molecule has 0 amide bonds. The topological polar surface area (TPSA) is 24.9 Å². The smallest absolute Gasteiger partial charge is 0.0271 e. The van der Waals surface area contributed by atoms with Gasteiger partial charge in [0.1, 0.15) is 0 Å². The summed E-state index contributed by atoms with van der Waals surface area (Å²) in [5, 5.41) is 3.52. The summed E-state index contributed by atoms with van der Waals surface area (Å²) in [6.07, 6.45) is 4.73.